The van der Waals surface area contributed by atoms with Gasteiger partial charge in [-0.05, 0) is 30.7 Å². The minimum atomic E-state index is -1.02. The quantitative estimate of drug-likeness (QED) is 0.628. The molecule has 2 heterocycles. The van der Waals surface area contributed by atoms with Crippen molar-refractivity contribution in [2.75, 3.05) is 5.73 Å². The molecule has 4 rings (SSSR count). The zero-order valence-electron chi connectivity index (χ0n) is 14.1. The van der Waals surface area contributed by atoms with Crippen LogP contribution in [0.2, 0.25) is 0 Å². The van der Waals surface area contributed by atoms with E-state index < -0.39 is 29.7 Å². The molecular weight excluding hydrogens is 350 g/mol. The molecule has 1 unspecified atom stereocenters. The van der Waals surface area contributed by atoms with Crippen molar-refractivity contribution in [1.82, 2.24) is 10.2 Å². The second-order valence-electron chi connectivity index (χ2n) is 6.30. The summed E-state index contributed by atoms with van der Waals surface area (Å²) in [6.07, 6.45) is 0.165. The molecule has 0 saturated carbocycles. The fourth-order valence-electron chi connectivity index (χ4n) is 3.27. The minimum Gasteiger partial charge on any atom is -0.456 e. The number of amides is 4. The first-order valence-corrected chi connectivity index (χ1v) is 8.33. The molecule has 8 heteroatoms. The van der Waals surface area contributed by atoms with Crippen LogP contribution >= 0.6 is 0 Å². The van der Waals surface area contributed by atoms with E-state index in [1.807, 2.05) is 0 Å². The summed E-state index contributed by atoms with van der Waals surface area (Å²) < 4.78 is 5.77. The molecule has 2 aromatic rings. The van der Waals surface area contributed by atoms with Crippen LogP contribution in [0.1, 0.15) is 33.6 Å². The third-order valence-electron chi connectivity index (χ3n) is 4.52. The monoisotopic (exact) mass is 365 g/mol. The minimum absolute atomic E-state index is 0.0659. The zero-order chi connectivity index (χ0) is 19.1. The van der Waals surface area contributed by atoms with Gasteiger partial charge >= 0.3 is 0 Å². The highest BCUT2D eigenvalue weighted by Crippen LogP contribution is 2.36. The zero-order valence-corrected chi connectivity index (χ0v) is 14.1. The third kappa shape index (κ3) is 2.80. The molecule has 2 aliphatic rings. The summed E-state index contributed by atoms with van der Waals surface area (Å²) >= 11 is 0. The second kappa shape index (κ2) is 6.24. The number of nitrogens with two attached hydrogens (primary N) is 1. The Hall–Kier alpha value is -3.68. The first-order chi connectivity index (χ1) is 13.0. The fourth-order valence-corrected chi connectivity index (χ4v) is 3.27. The van der Waals surface area contributed by atoms with Gasteiger partial charge in [-0.25, -0.2) is 0 Å². The van der Waals surface area contributed by atoms with E-state index >= 15 is 0 Å². The lowest BCUT2D eigenvalue weighted by Gasteiger charge is -2.27. The number of rotatable bonds is 3. The Labute approximate surface area is 153 Å². The van der Waals surface area contributed by atoms with Crippen molar-refractivity contribution in [3.05, 3.63) is 53.6 Å². The van der Waals surface area contributed by atoms with Crippen LogP contribution in [0.4, 0.5) is 5.69 Å². The number of hydrogen-bond donors (Lipinski definition) is 2. The van der Waals surface area contributed by atoms with Gasteiger partial charge in [0, 0.05) is 18.2 Å². The molecular formula is C19H15N3O5. The summed E-state index contributed by atoms with van der Waals surface area (Å²) in [6, 6.07) is 10.3. The van der Waals surface area contributed by atoms with Crippen LogP contribution in [0.15, 0.2) is 42.5 Å². The Balaban J connectivity index is 1.69. The van der Waals surface area contributed by atoms with E-state index in [1.54, 1.807) is 36.4 Å². The van der Waals surface area contributed by atoms with Gasteiger partial charge in [0.25, 0.3) is 11.8 Å². The van der Waals surface area contributed by atoms with Crippen molar-refractivity contribution in [1.29, 1.82) is 0 Å². The van der Waals surface area contributed by atoms with E-state index in [-0.39, 0.29) is 29.7 Å². The molecule has 1 saturated heterocycles. The van der Waals surface area contributed by atoms with Crippen molar-refractivity contribution in [3.63, 3.8) is 0 Å². The molecule has 1 atom stereocenters. The first kappa shape index (κ1) is 16.8. The van der Waals surface area contributed by atoms with E-state index in [9.17, 15) is 19.2 Å². The van der Waals surface area contributed by atoms with Crippen molar-refractivity contribution < 1.29 is 23.9 Å². The highest BCUT2D eigenvalue weighted by Gasteiger charge is 2.46. The van der Waals surface area contributed by atoms with Gasteiger partial charge in [0.05, 0.1) is 11.1 Å². The van der Waals surface area contributed by atoms with Crippen LogP contribution in [-0.4, -0.2) is 34.6 Å². The van der Waals surface area contributed by atoms with Gasteiger partial charge in [0.15, 0.2) is 0 Å². The molecule has 0 aromatic heterocycles. The smallest absolute Gasteiger partial charge is 0.266 e. The summed E-state index contributed by atoms with van der Waals surface area (Å²) in [5.41, 5.74) is 6.48. The summed E-state index contributed by atoms with van der Waals surface area (Å²) in [7, 11) is 0. The van der Waals surface area contributed by atoms with Gasteiger partial charge in [-0.1, -0.05) is 12.1 Å². The molecule has 2 aromatic carbocycles. The summed E-state index contributed by atoms with van der Waals surface area (Å²) in [6.45, 7) is 0. The largest absolute Gasteiger partial charge is 0.456 e. The lowest BCUT2D eigenvalue weighted by atomic mass is 10.0. The van der Waals surface area contributed by atoms with Gasteiger partial charge in [0.1, 0.15) is 17.5 Å². The number of fused-ring (bicyclic) bond motifs is 1. The van der Waals surface area contributed by atoms with E-state index in [0.29, 0.717) is 11.4 Å². The number of imide groups is 2. The Kier molecular flexibility index (Phi) is 3.88. The van der Waals surface area contributed by atoms with Gasteiger partial charge in [-0.3, -0.25) is 29.4 Å². The number of nitrogens with zero attached hydrogens (tertiary/aromatic N) is 1. The Morgan fingerprint density at radius 1 is 1.04 bits per heavy atom. The molecule has 0 radical (unpaired) electrons. The number of carbonyl (C=O) groups is 4. The van der Waals surface area contributed by atoms with Gasteiger partial charge in [0.2, 0.25) is 11.8 Å². The van der Waals surface area contributed by atoms with Crippen molar-refractivity contribution >= 4 is 29.3 Å². The normalized spacial score (nSPS) is 19.1. The molecule has 0 bridgehead atoms. The Bertz CT molecular complexity index is 1000. The van der Waals surface area contributed by atoms with Crippen LogP contribution in [0.25, 0.3) is 0 Å². The SMILES string of the molecule is Nc1cccc(Oc2cccc3c2C(=O)N(C2CCC(=O)NC2=O)C3=O)c1. The molecule has 0 spiro atoms. The van der Waals surface area contributed by atoms with Gasteiger partial charge < -0.3 is 10.5 Å². The van der Waals surface area contributed by atoms with E-state index in [2.05, 4.69) is 5.32 Å². The summed E-state index contributed by atoms with van der Waals surface area (Å²) in [5.74, 6) is -1.65. The van der Waals surface area contributed by atoms with Gasteiger partial charge in [-0.15, -0.1) is 0 Å². The number of carbonyl (C=O) groups excluding carboxylic acids is 4. The van der Waals surface area contributed by atoms with Crippen molar-refractivity contribution in [2.24, 2.45) is 0 Å². The highest BCUT2D eigenvalue weighted by atomic mass is 16.5. The predicted octanol–water partition coefficient (Wildman–Crippen LogP) is 1.46. The fraction of sp³-hybridized carbons (Fsp3) is 0.158. The molecule has 27 heavy (non-hydrogen) atoms. The molecule has 136 valence electrons. The molecule has 3 N–H and O–H groups in total. The standard InChI is InChI=1S/C19H15N3O5/c20-10-3-1-4-11(9-10)27-14-6-2-5-12-16(14)19(26)22(18(12)25)13-7-8-15(23)21-17(13)24/h1-6,9,13H,7-8,20H2,(H,21,23,24). The summed E-state index contributed by atoms with van der Waals surface area (Å²) in [5, 5.41) is 2.17. The number of hydrogen-bond acceptors (Lipinski definition) is 6. The number of nitrogens with one attached hydrogen (secondary N) is 1. The topological polar surface area (TPSA) is 119 Å². The molecule has 1 fully saturated rings. The van der Waals surface area contributed by atoms with Crippen molar-refractivity contribution in [3.8, 4) is 11.5 Å². The molecule has 2 aliphatic heterocycles. The average Bonchev–Trinajstić information content (AvgIpc) is 2.87. The number of piperidine rings is 1. The average molecular weight is 365 g/mol. The number of benzene rings is 2. The van der Waals surface area contributed by atoms with Crippen LogP contribution in [0, 0.1) is 0 Å². The maximum atomic E-state index is 12.9. The molecule has 8 nitrogen and oxygen atoms in total. The van der Waals surface area contributed by atoms with Gasteiger partial charge in [-0.2, -0.15) is 0 Å². The maximum absolute atomic E-state index is 12.9. The number of anilines is 1. The molecule has 0 aliphatic carbocycles. The Morgan fingerprint density at radius 3 is 2.56 bits per heavy atom. The molecule has 4 amide bonds. The number of ether oxygens (including phenoxy) is 1. The van der Waals surface area contributed by atoms with Crippen LogP contribution in [-0.2, 0) is 9.59 Å². The predicted molar refractivity (Wildman–Crippen MR) is 94.0 cm³/mol. The highest BCUT2D eigenvalue weighted by molar-refractivity contribution is 6.24. The summed E-state index contributed by atoms with van der Waals surface area (Å²) in [4.78, 5) is 50.1. The van der Waals surface area contributed by atoms with Crippen molar-refractivity contribution in [2.45, 2.75) is 18.9 Å². The third-order valence-corrected chi connectivity index (χ3v) is 4.52. The Morgan fingerprint density at radius 2 is 1.81 bits per heavy atom. The van der Waals surface area contributed by atoms with Crippen LogP contribution < -0.4 is 15.8 Å². The van der Waals surface area contributed by atoms with Crippen LogP contribution in [0.3, 0.4) is 0 Å². The van der Waals surface area contributed by atoms with E-state index in [4.69, 9.17) is 10.5 Å². The van der Waals surface area contributed by atoms with Crippen LogP contribution in [0.5, 0.6) is 11.5 Å². The lowest BCUT2D eigenvalue weighted by molar-refractivity contribution is -0.136. The van der Waals surface area contributed by atoms with E-state index in [0.717, 1.165) is 4.90 Å². The second-order valence-corrected chi connectivity index (χ2v) is 6.30. The maximum Gasteiger partial charge on any atom is 0.266 e. The number of nitrogen functional groups attached to an aromatic ring is 1. The lowest BCUT2D eigenvalue weighted by Crippen LogP contribution is -2.54. The van der Waals surface area contributed by atoms with E-state index in [1.165, 1.54) is 6.07 Å². The first-order valence-electron chi connectivity index (χ1n) is 8.33.